The lowest BCUT2D eigenvalue weighted by Crippen LogP contribution is -2.41. The van der Waals surface area contributed by atoms with Gasteiger partial charge in [-0.1, -0.05) is 51.1 Å². The van der Waals surface area contributed by atoms with Crippen molar-refractivity contribution in [1.29, 1.82) is 0 Å². The minimum absolute atomic E-state index is 0.105. The van der Waals surface area contributed by atoms with Crippen molar-refractivity contribution in [2.45, 2.75) is 66.6 Å². The molecule has 0 spiro atoms. The number of benzene rings is 2. The molecular weight excluding hydrogens is 385 g/mol. The molecule has 0 N–H and O–H groups in total. The zero-order valence-electron chi connectivity index (χ0n) is 19.9. The minimum atomic E-state index is -0.534. The van der Waals surface area contributed by atoms with Crippen LogP contribution in [0.2, 0.25) is 0 Å². The molecule has 5 heteroatoms. The summed E-state index contributed by atoms with van der Waals surface area (Å²) in [6.07, 6.45) is 1.98. The van der Waals surface area contributed by atoms with Gasteiger partial charge < -0.3 is 13.9 Å². The van der Waals surface area contributed by atoms with Crippen LogP contribution in [0.3, 0.4) is 0 Å². The first kappa shape index (κ1) is 21.9. The summed E-state index contributed by atoms with van der Waals surface area (Å²) in [5.41, 5.74) is 3.38. The molecule has 31 heavy (non-hydrogen) atoms. The number of para-hydroxylation sites is 1. The van der Waals surface area contributed by atoms with E-state index in [2.05, 4.69) is 29.7 Å². The Hall–Kier alpha value is -2.37. The molecule has 0 bridgehead atoms. The van der Waals surface area contributed by atoms with E-state index < -0.39 is 23.7 Å². The molecule has 2 aromatic carbocycles. The first-order valence-corrected chi connectivity index (χ1v) is 10.9. The highest BCUT2D eigenvalue weighted by Crippen LogP contribution is 2.38. The number of rotatable bonds is 3. The van der Waals surface area contributed by atoms with Gasteiger partial charge in [-0.2, -0.15) is 0 Å². The van der Waals surface area contributed by atoms with Gasteiger partial charge in [-0.05, 0) is 57.8 Å². The molecule has 0 radical (unpaired) electrons. The number of hydrogen-bond acceptors (Lipinski definition) is 3. The molecule has 162 valence electrons. The Balaban J connectivity index is 2.00. The second-order valence-corrected chi connectivity index (χ2v) is 10.6. The largest absolute Gasteiger partial charge is 0.495 e. The van der Waals surface area contributed by atoms with Crippen molar-refractivity contribution in [2.75, 3.05) is 0 Å². The molecule has 1 fully saturated rings. The van der Waals surface area contributed by atoms with Crippen LogP contribution in [-0.4, -0.2) is 28.7 Å². The van der Waals surface area contributed by atoms with Crippen molar-refractivity contribution in [3.05, 3.63) is 59.8 Å². The van der Waals surface area contributed by atoms with Crippen LogP contribution in [0.4, 0.5) is 0 Å². The fourth-order valence-corrected chi connectivity index (χ4v) is 4.09. The summed E-state index contributed by atoms with van der Waals surface area (Å²) in [5, 5.41) is 0.907. The Morgan fingerprint density at radius 3 is 2.13 bits per heavy atom. The van der Waals surface area contributed by atoms with Crippen molar-refractivity contribution in [3.8, 4) is 5.69 Å². The zero-order chi connectivity index (χ0) is 22.8. The normalized spacial score (nSPS) is 18.0. The summed E-state index contributed by atoms with van der Waals surface area (Å²) in [6.45, 7) is 16.2. The lowest BCUT2D eigenvalue weighted by molar-refractivity contribution is 0.00578. The lowest BCUT2D eigenvalue weighted by Gasteiger charge is -2.32. The van der Waals surface area contributed by atoms with Crippen LogP contribution in [-0.2, 0) is 9.31 Å². The summed E-state index contributed by atoms with van der Waals surface area (Å²) < 4.78 is 14.9. The second-order valence-electron chi connectivity index (χ2n) is 10.6. The van der Waals surface area contributed by atoms with E-state index in [4.69, 9.17) is 9.31 Å². The van der Waals surface area contributed by atoms with Crippen LogP contribution >= 0.6 is 0 Å². The molecule has 0 amide bonds. The van der Waals surface area contributed by atoms with E-state index >= 15 is 0 Å². The van der Waals surface area contributed by atoms with E-state index in [0.717, 1.165) is 27.6 Å². The molecule has 1 saturated heterocycles. The number of fused-ring (bicyclic) bond motifs is 1. The van der Waals surface area contributed by atoms with Crippen molar-refractivity contribution in [2.24, 2.45) is 5.41 Å². The lowest BCUT2D eigenvalue weighted by atomic mass is 9.75. The molecular formula is C26H32BNO3. The summed E-state index contributed by atoms with van der Waals surface area (Å²) >= 11 is 0. The number of ketones is 1. The van der Waals surface area contributed by atoms with Gasteiger partial charge in [0.1, 0.15) is 0 Å². The monoisotopic (exact) mass is 417 g/mol. The van der Waals surface area contributed by atoms with E-state index in [1.807, 2.05) is 78.9 Å². The SMILES string of the molecule is Cc1ccccc1-n1cc(C(=O)C(C)(C)C)c2c(B3OC(C)(C)C(C)(C)O3)cccc21. The van der Waals surface area contributed by atoms with Gasteiger partial charge in [0.2, 0.25) is 0 Å². The second kappa shape index (κ2) is 7.08. The number of nitrogens with zero attached hydrogens (tertiary/aromatic N) is 1. The third-order valence-electron chi connectivity index (χ3n) is 6.67. The zero-order valence-corrected chi connectivity index (χ0v) is 19.9. The van der Waals surface area contributed by atoms with Crippen molar-refractivity contribution >= 4 is 29.3 Å². The van der Waals surface area contributed by atoms with Crippen LogP contribution in [0.1, 0.15) is 64.4 Å². The third kappa shape index (κ3) is 3.54. The fraction of sp³-hybridized carbons (Fsp3) is 0.423. The first-order chi connectivity index (χ1) is 14.3. The van der Waals surface area contributed by atoms with Gasteiger partial charge in [-0.25, -0.2) is 0 Å². The number of carbonyl (C=O) groups is 1. The van der Waals surface area contributed by atoms with E-state index in [-0.39, 0.29) is 5.78 Å². The van der Waals surface area contributed by atoms with E-state index in [9.17, 15) is 4.79 Å². The Kier molecular flexibility index (Phi) is 4.99. The van der Waals surface area contributed by atoms with E-state index in [1.54, 1.807) is 0 Å². The summed E-state index contributed by atoms with van der Waals surface area (Å²) in [5.74, 6) is 0.105. The maximum atomic E-state index is 13.5. The van der Waals surface area contributed by atoms with Crippen molar-refractivity contribution in [1.82, 2.24) is 4.57 Å². The maximum absolute atomic E-state index is 13.5. The average molecular weight is 417 g/mol. The minimum Gasteiger partial charge on any atom is -0.399 e. The highest BCUT2D eigenvalue weighted by Gasteiger charge is 2.52. The maximum Gasteiger partial charge on any atom is 0.495 e. The Labute approximate surface area is 185 Å². The number of aromatic nitrogens is 1. The molecule has 0 atom stereocenters. The van der Waals surface area contributed by atoms with Gasteiger partial charge in [0, 0.05) is 28.2 Å². The number of hydrogen-bond donors (Lipinski definition) is 0. The standard InChI is InChI=1S/C26H32BNO3/c1-17-12-9-10-14-20(17)28-16-18(23(29)24(2,3)4)22-19(13-11-15-21(22)28)27-30-25(5,6)26(7,8)31-27/h9-16H,1-8H3. The third-order valence-corrected chi connectivity index (χ3v) is 6.67. The molecule has 0 saturated carbocycles. The highest BCUT2D eigenvalue weighted by atomic mass is 16.7. The first-order valence-electron chi connectivity index (χ1n) is 10.9. The van der Waals surface area contributed by atoms with E-state index in [1.165, 1.54) is 0 Å². The molecule has 1 aliphatic rings. The summed E-state index contributed by atoms with van der Waals surface area (Å²) in [4.78, 5) is 13.5. The van der Waals surface area contributed by atoms with Crippen LogP contribution < -0.4 is 5.46 Å². The van der Waals surface area contributed by atoms with Crippen LogP contribution in [0.15, 0.2) is 48.7 Å². The Morgan fingerprint density at radius 1 is 0.935 bits per heavy atom. The predicted molar refractivity (Wildman–Crippen MR) is 128 cm³/mol. The van der Waals surface area contributed by atoms with E-state index in [0.29, 0.717) is 5.56 Å². The molecule has 4 rings (SSSR count). The summed E-state index contributed by atoms with van der Waals surface area (Å²) in [6, 6.07) is 14.3. The summed E-state index contributed by atoms with van der Waals surface area (Å²) in [7, 11) is -0.534. The Morgan fingerprint density at radius 2 is 1.55 bits per heavy atom. The van der Waals surface area contributed by atoms with Gasteiger partial charge in [0.05, 0.1) is 16.7 Å². The molecule has 0 unspecified atom stereocenters. The average Bonchev–Trinajstić information content (AvgIpc) is 3.15. The van der Waals surface area contributed by atoms with Crippen LogP contribution in [0, 0.1) is 12.3 Å². The smallest absolute Gasteiger partial charge is 0.399 e. The van der Waals surface area contributed by atoms with Gasteiger partial charge in [-0.15, -0.1) is 0 Å². The van der Waals surface area contributed by atoms with Crippen LogP contribution in [0.5, 0.6) is 0 Å². The fourth-order valence-electron chi connectivity index (χ4n) is 4.09. The quantitative estimate of drug-likeness (QED) is 0.419. The van der Waals surface area contributed by atoms with Crippen molar-refractivity contribution < 1.29 is 14.1 Å². The van der Waals surface area contributed by atoms with Gasteiger partial charge in [-0.3, -0.25) is 4.79 Å². The van der Waals surface area contributed by atoms with Gasteiger partial charge >= 0.3 is 7.12 Å². The number of aryl methyl sites for hydroxylation is 1. The molecule has 2 heterocycles. The van der Waals surface area contributed by atoms with Crippen molar-refractivity contribution in [3.63, 3.8) is 0 Å². The topological polar surface area (TPSA) is 40.5 Å². The molecule has 1 aromatic heterocycles. The van der Waals surface area contributed by atoms with Gasteiger partial charge in [0.25, 0.3) is 0 Å². The molecule has 3 aromatic rings. The number of carbonyl (C=O) groups excluding carboxylic acids is 1. The highest BCUT2D eigenvalue weighted by molar-refractivity contribution is 6.65. The molecule has 0 aliphatic carbocycles. The predicted octanol–water partition coefficient (Wildman–Crippen LogP) is 5.47. The Bertz CT molecular complexity index is 1150. The molecule has 4 nitrogen and oxygen atoms in total. The molecule has 1 aliphatic heterocycles. The van der Waals surface area contributed by atoms with Gasteiger partial charge in [0.15, 0.2) is 5.78 Å². The number of Topliss-reactive ketones (excluding diaryl/α,β-unsaturated/α-hetero) is 1. The van der Waals surface area contributed by atoms with Crippen LogP contribution in [0.25, 0.3) is 16.6 Å².